The van der Waals surface area contributed by atoms with Crippen LogP contribution in [0.5, 0.6) is 0 Å². The fourth-order valence-electron chi connectivity index (χ4n) is 1.60. The van der Waals surface area contributed by atoms with Crippen LogP contribution in [0.15, 0.2) is 12.3 Å². The summed E-state index contributed by atoms with van der Waals surface area (Å²) in [5.74, 6) is 0.117. The third-order valence-corrected chi connectivity index (χ3v) is 2.55. The van der Waals surface area contributed by atoms with Crippen LogP contribution in [-0.4, -0.2) is 22.2 Å². The molecule has 2 N–H and O–H groups in total. The first-order valence-electron chi connectivity index (χ1n) is 4.83. The molecule has 0 saturated heterocycles. The molecule has 0 unspecified atom stereocenters. The van der Waals surface area contributed by atoms with Crippen LogP contribution in [0.2, 0.25) is 0 Å². The summed E-state index contributed by atoms with van der Waals surface area (Å²) in [7, 11) is -1.89. The summed E-state index contributed by atoms with van der Waals surface area (Å²) in [6.07, 6.45) is -1.76. The molecule has 0 spiro atoms. The number of alkyl halides is 3. The van der Waals surface area contributed by atoms with E-state index in [9.17, 15) is 13.2 Å². The molecule has 86 valence electrons. The maximum atomic E-state index is 12.4. The smallest absolute Gasteiger partial charge is 0.423 e. The quantitative estimate of drug-likeness (QED) is 0.735. The lowest BCUT2D eigenvalue weighted by atomic mass is 9.76. The van der Waals surface area contributed by atoms with Gasteiger partial charge in [0, 0.05) is 6.20 Å². The normalized spacial score (nSPS) is 16.3. The minimum atomic E-state index is -4.56. The van der Waals surface area contributed by atoms with Crippen molar-refractivity contribution in [3.63, 3.8) is 0 Å². The SMILES string of the molecule is OB(O)c1cc(C(F)(F)F)ncc1C1CC1. The Bertz CT molecular complexity index is 404. The third-order valence-electron chi connectivity index (χ3n) is 2.55. The zero-order chi connectivity index (χ0) is 11.9. The number of nitrogens with zero attached hydrogens (tertiary/aromatic N) is 1. The van der Waals surface area contributed by atoms with E-state index in [1.54, 1.807) is 0 Å². The van der Waals surface area contributed by atoms with E-state index < -0.39 is 19.0 Å². The van der Waals surface area contributed by atoms with Crippen LogP contribution in [0.1, 0.15) is 30.0 Å². The zero-order valence-corrected chi connectivity index (χ0v) is 8.20. The van der Waals surface area contributed by atoms with Crippen LogP contribution in [0.3, 0.4) is 0 Å². The molecule has 0 amide bonds. The van der Waals surface area contributed by atoms with E-state index in [2.05, 4.69) is 4.98 Å². The van der Waals surface area contributed by atoms with E-state index in [1.807, 2.05) is 0 Å². The Kier molecular flexibility index (Phi) is 2.67. The van der Waals surface area contributed by atoms with Crippen molar-refractivity contribution in [3.8, 4) is 0 Å². The molecule has 1 saturated carbocycles. The van der Waals surface area contributed by atoms with Crippen molar-refractivity contribution in [2.75, 3.05) is 0 Å². The van der Waals surface area contributed by atoms with Crippen molar-refractivity contribution >= 4 is 12.6 Å². The van der Waals surface area contributed by atoms with Gasteiger partial charge in [0.2, 0.25) is 0 Å². The van der Waals surface area contributed by atoms with Crippen LogP contribution in [0.25, 0.3) is 0 Å². The number of hydrogen-bond acceptors (Lipinski definition) is 3. The van der Waals surface area contributed by atoms with Crippen molar-refractivity contribution in [3.05, 3.63) is 23.5 Å². The van der Waals surface area contributed by atoms with Gasteiger partial charge in [0.1, 0.15) is 5.69 Å². The van der Waals surface area contributed by atoms with E-state index in [4.69, 9.17) is 10.0 Å². The lowest BCUT2D eigenvalue weighted by Gasteiger charge is -2.11. The molecule has 2 rings (SSSR count). The number of hydrogen-bond donors (Lipinski definition) is 2. The highest BCUT2D eigenvalue weighted by atomic mass is 19.4. The number of halogens is 3. The minimum absolute atomic E-state index is 0.0928. The molecule has 1 aromatic heterocycles. The maximum Gasteiger partial charge on any atom is 0.488 e. The Morgan fingerprint density at radius 1 is 1.31 bits per heavy atom. The molecule has 0 atom stereocenters. The van der Waals surface area contributed by atoms with Crippen LogP contribution in [-0.2, 0) is 6.18 Å². The summed E-state index contributed by atoms with van der Waals surface area (Å²) in [4.78, 5) is 3.31. The van der Waals surface area contributed by atoms with E-state index in [0.717, 1.165) is 19.0 Å². The molecule has 1 fully saturated rings. The summed E-state index contributed by atoms with van der Waals surface area (Å²) >= 11 is 0. The predicted octanol–water partition coefficient (Wildman–Crippen LogP) is 0.658. The third kappa shape index (κ3) is 2.20. The van der Waals surface area contributed by atoms with Gasteiger partial charge < -0.3 is 10.0 Å². The van der Waals surface area contributed by atoms with Gasteiger partial charge in [-0.1, -0.05) is 0 Å². The molecule has 1 heterocycles. The number of rotatable bonds is 2. The Morgan fingerprint density at radius 2 is 1.94 bits per heavy atom. The van der Waals surface area contributed by atoms with Crippen molar-refractivity contribution in [2.24, 2.45) is 0 Å². The number of pyridine rings is 1. The Hall–Kier alpha value is -1.08. The first-order valence-corrected chi connectivity index (χ1v) is 4.83. The van der Waals surface area contributed by atoms with Crippen molar-refractivity contribution in [1.29, 1.82) is 0 Å². The highest BCUT2D eigenvalue weighted by molar-refractivity contribution is 6.59. The average molecular weight is 231 g/mol. The van der Waals surface area contributed by atoms with Gasteiger partial charge in [-0.25, -0.2) is 0 Å². The van der Waals surface area contributed by atoms with E-state index in [-0.39, 0.29) is 11.4 Å². The molecular formula is C9H9BF3NO2. The fourth-order valence-corrected chi connectivity index (χ4v) is 1.60. The topological polar surface area (TPSA) is 53.4 Å². The first kappa shape index (κ1) is 11.4. The maximum absolute atomic E-state index is 12.4. The molecule has 0 aliphatic heterocycles. The average Bonchev–Trinajstić information content (AvgIpc) is 2.98. The molecule has 0 aromatic carbocycles. The highest BCUT2D eigenvalue weighted by Crippen LogP contribution is 2.39. The Balaban J connectivity index is 2.43. The fraction of sp³-hybridized carbons (Fsp3) is 0.444. The van der Waals surface area contributed by atoms with E-state index >= 15 is 0 Å². The van der Waals surface area contributed by atoms with Crippen LogP contribution in [0, 0.1) is 0 Å². The highest BCUT2D eigenvalue weighted by Gasteiger charge is 2.36. The predicted molar refractivity (Wildman–Crippen MR) is 51.0 cm³/mol. The molecule has 1 aromatic rings. The van der Waals surface area contributed by atoms with Gasteiger partial charge in [-0.3, -0.25) is 4.98 Å². The van der Waals surface area contributed by atoms with E-state index in [1.165, 1.54) is 0 Å². The minimum Gasteiger partial charge on any atom is -0.423 e. The van der Waals surface area contributed by atoms with Crippen molar-refractivity contribution in [2.45, 2.75) is 24.9 Å². The van der Waals surface area contributed by atoms with Gasteiger partial charge in [0.25, 0.3) is 0 Å². The van der Waals surface area contributed by atoms with Crippen molar-refractivity contribution < 1.29 is 23.2 Å². The van der Waals surface area contributed by atoms with Crippen LogP contribution in [0.4, 0.5) is 13.2 Å². The van der Waals surface area contributed by atoms with E-state index in [0.29, 0.717) is 11.6 Å². The summed E-state index contributed by atoms with van der Waals surface area (Å²) in [5, 5.41) is 18.1. The molecule has 16 heavy (non-hydrogen) atoms. The lowest BCUT2D eigenvalue weighted by molar-refractivity contribution is -0.141. The lowest BCUT2D eigenvalue weighted by Crippen LogP contribution is -2.34. The van der Waals surface area contributed by atoms with Gasteiger partial charge in [-0.15, -0.1) is 0 Å². The summed E-state index contributed by atoms with van der Waals surface area (Å²) in [5.41, 5.74) is -0.687. The molecule has 0 radical (unpaired) electrons. The Labute approximate surface area is 90.1 Å². The monoisotopic (exact) mass is 231 g/mol. The van der Waals surface area contributed by atoms with Crippen molar-refractivity contribution in [1.82, 2.24) is 4.98 Å². The van der Waals surface area contributed by atoms with Crippen LogP contribution >= 0.6 is 0 Å². The standard InChI is InChI=1S/C9H9BF3NO2/c11-9(12,13)8-3-7(10(15)16)6(4-14-8)5-1-2-5/h3-5,15-16H,1-2H2. The molecular weight excluding hydrogens is 222 g/mol. The van der Waals surface area contributed by atoms with Gasteiger partial charge >= 0.3 is 13.3 Å². The largest absolute Gasteiger partial charge is 0.488 e. The van der Waals surface area contributed by atoms with Gasteiger partial charge in [0.05, 0.1) is 0 Å². The second-order valence-electron chi connectivity index (χ2n) is 3.84. The molecule has 7 heteroatoms. The molecule has 0 bridgehead atoms. The second-order valence-corrected chi connectivity index (χ2v) is 3.84. The number of aromatic nitrogens is 1. The zero-order valence-electron chi connectivity index (χ0n) is 8.20. The first-order chi connectivity index (χ1) is 7.39. The molecule has 3 nitrogen and oxygen atoms in total. The summed E-state index contributed by atoms with van der Waals surface area (Å²) in [6, 6.07) is 0.707. The van der Waals surface area contributed by atoms with Gasteiger partial charge in [-0.05, 0) is 35.9 Å². The molecule has 1 aliphatic rings. The van der Waals surface area contributed by atoms with Gasteiger partial charge in [-0.2, -0.15) is 13.2 Å². The molecule has 1 aliphatic carbocycles. The second kappa shape index (κ2) is 3.74. The summed E-state index contributed by atoms with van der Waals surface area (Å²) in [6.45, 7) is 0. The van der Waals surface area contributed by atoms with Gasteiger partial charge in [0.15, 0.2) is 0 Å². The summed E-state index contributed by atoms with van der Waals surface area (Å²) < 4.78 is 37.1. The Morgan fingerprint density at radius 3 is 2.38 bits per heavy atom. The van der Waals surface area contributed by atoms with Crippen LogP contribution < -0.4 is 5.46 Å².